The molecule has 4 nitrogen and oxygen atoms in total. The maximum absolute atomic E-state index is 4.34. The van der Waals surface area contributed by atoms with Crippen LogP contribution >= 0.6 is 35.3 Å². The highest BCUT2D eigenvalue weighted by molar-refractivity contribution is 14.0. The number of thiazole rings is 1. The van der Waals surface area contributed by atoms with Gasteiger partial charge in [0.2, 0.25) is 0 Å². The van der Waals surface area contributed by atoms with E-state index in [0.29, 0.717) is 12.5 Å². The second kappa shape index (κ2) is 9.78. The first kappa shape index (κ1) is 18.9. The molecule has 0 saturated heterocycles. The molecule has 1 aromatic carbocycles. The van der Waals surface area contributed by atoms with E-state index in [1.54, 1.807) is 18.4 Å². The fourth-order valence-electron chi connectivity index (χ4n) is 2.01. The zero-order valence-corrected chi connectivity index (χ0v) is 16.3. The van der Waals surface area contributed by atoms with Crippen LogP contribution in [0.3, 0.4) is 0 Å². The van der Waals surface area contributed by atoms with Crippen molar-refractivity contribution < 1.29 is 0 Å². The number of aryl methyl sites for hydroxylation is 1. The molecule has 1 heterocycles. The lowest BCUT2D eigenvalue weighted by Crippen LogP contribution is -2.38. The first-order chi connectivity index (χ1) is 10.2. The summed E-state index contributed by atoms with van der Waals surface area (Å²) < 4.78 is 0. The zero-order chi connectivity index (χ0) is 15.1. The van der Waals surface area contributed by atoms with E-state index in [9.17, 15) is 0 Å². The number of halogens is 1. The van der Waals surface area contributed by atoms with E-state index in [1.807, 2.05) is 12.3 Å². The molecule has 22 heavy (non-hydrogen) atoms. The summed E-state index contributed by atoms with van der Waals surface area (Å²) in [6.45, 7) is 5.83. The molecular formula is C16H23IN4S. The van der Waals surface area contributed by atoms with Crippen LogP contribution in [0.15, 0.2) is 41.5 Å². The minimum Gasteiger partial charge on any atom is -0.356 e. The third-order valence-corrected chi connectivity index (χ3v) is 4.16. The van der Waals surface area contributed by atoms with Crippen LogP contribution in [0.1, 0.15) is 28.3 Å². The van der Waals surface area contributed by atoms with Gasteiger partial charge >= 0.3 is 0 Å². The Kier molecular flexibility index (Phi) is 8.40. The first-order valence-corrected chi connectivity index (χ1v) is 7.91. The summed E-state index contributed by atoms with van der Waals surface area (Å²) in [4.78, 5) is 9.81. The number of nitrogens with zero attached hydrogens (tertiary/aromatic N) is 2. The van der Waals surface area contributed by atoms with E-state index >= 15 is 0 Å². The molecule has 0 aliphatic rings. The van der Waals surface area contributed by atoms with Crippen molar-refractivity contribution in [3.8, 4) is 0 Å². The molecule has 2 N–H and O–H groups in total. The van der Waals surface area contributed by atoms with Crippen molar-refractivity contribution in [3.63, 3.8) is 0 Å². The van der Waals surface area contributed by atoms with Gasteiger partial charge in [-0.2, -0.15) is 0 Å². The molecule has 0 amide bonds. The number of hydrogen-bond acceptors (Lipinski definition) is 3. The van der Waals surface area contributed by atoms with Crippen LogP contribution < -0.4 is 10.6 Å². The molecule has 1 unspecified atom stereocenters. The minimum atomic E-state index is 0. The monoisotopic (exact) mass is 430 g/mol. The quantitative estimate of drug-likeness (QED) is 0.434. The number of aliphatic imine (C=N–C) groups is 1. The van der Waals surface area contributed by atoms with Gasteiger partial charge < -0.3 is 10.6 Å². The van der Waals surface area contributed by atoms with Crippen LogP contribution in [0.2, 0.25) is 0 Å². The van der Waals surface area contributed by atoms with Crippen molar-refractivity contribution >= 4 is 41.3 Å². The highest BCUT2D eigenvalue weighted by Gasteiger charge is 2.06. The second-order valence-corrected chi connectivity index (χ2v) is 6.30. The standard InChI is InChI=1S/C16H22N4S.HI/c1-12(14-7-5-4-6-8-14)9-19-16(17-3)20-11-15-18-10-13(2)21-15;/h4-8,10,12H,9,11H2,1-3H3,(H2,17,19,20);1H. The Hall–Kier alpha value is -1.15. The second-order valence-electron chi connectivity index (χ2n) is 4.98. The molecule has 6 heteroatoms. The Labute approximate surface area is 153 Å². The summed E-state index contributed by atoms with van der Waals surface area (Å²) in [7, 11) is 1.79. The summed E-state index contributed by atoms with van der Waals surface area (Å²) in [6.07, 6.45) is 1.90. The predicted octanol–water partition coefficient (Wildman–Crippen LogP) is 3.54. The van der Waals surface area contributed by atoms with Gasteiger partial charge in [0.1, 0.15) is 5.01 Å². The van der Waals surface area contributed by atoms with Crippen molar-refractivity contribution in [2.75, 3.05) is 13.6 Å². The average molecular weight is 430 g/mol. The lowest BCUT2D eigenvalue weighted by atomic mass is 10.0. The maximum Gasteiger partial charge on any atom is 0.191 e. The number of hydrogen-bond donors (Lipinski definition) is 2. The Bertz CT molecular complexity index is 583. The summed E-state index contributed by atoms with van der Waals surface area (Å²) in [6, 6.07) is 10.5. The van der Waals surface area contributed by atoms with Crippen LogP contribution in [0.5, 0.6) is 0 Å². The number of benzene rings is 1. The topological polar surface area (TPSA) is 49.3 Å². The molecule has 0 spiro atoms. The molecular weight excluding hydrogens is 407 g/mol. The van der Waals surface area contributed by atoms with Crippen molar-refractivity contribution in [3.05, 3.63) is 52.0 Å². The van der Waals surface area contributed by atoms with Crippen LogP contribution in [0.25, 0.3) is 0 Å². The minimum absolute atomic E-state index is 0. The molecule has 0 aliphatic carbocycles. The zero-order valence-electron chi connectivity index (χ0n) is 13.2. The van der Waals surface area contributed by atoms with Crippen molar-refractivity contribution in [2.24, 2.45) is 4.99 Å². The van der Waals surface area contributed by atoms with Gasteiger partial charge in [-0.05, 0) is 18.4 Å². The fraction of sp³-hybridized carbons (Fsp3) is 0.375. The van der Waals surface area contributed by atoms with Gasteiger partial charge in [0.15, 0.2) is 5.96 Å². The first-order valence-electron chi connectivity index (χ1n) is 7.10. The molecule has 0 bridgehead atoms. The van der Waals surface area contributed by atoms with E-state index in [4.69, 9.17) is 0 Å². The largest absolute Gasteiger partial charge is 0.356 e. The highest BCUT2D eigenvalue weighted by atomic mass is 127. The number of rotatable bonds is 5. The smallest absolute Gasteiger partial charge is 0.191 e. The molecule has 1 aromatic heterocycles. The van der Waals surface area contributed by atoms with Crippen LogP contribution in [0.4, 0.5) is 0 Å². The maximum atomic E-state index is 4.34. The summed E-state index contributed by atoms with van der Waals surface area (Å²) in [5.74, 6) is 1.25. The molecule has 120 valence electrons. The van der Waals surface area contributed by atoms with Gasteiger partial charge in [0.25, 0.3) is 0 Å². The Morgan fingerprint density at radius 3 is 2.59 bits per heavy atom. The number of aromatic nitrogens is 1. The van der Waals surface area contributed by atoms with E-state index in [0.717, 1.165) is 17.5 Å². The third-order valence-electron chi connectivity index (χ3n) is 3.24. The molecule has 2 aromatic rings. The van der Waals surface area contributed by atoms with E-state index in [-0.39, 0.29) is 24.0 Å². The predicted molar refractivity (Wildman–Crippen MR) is 105 cm³/mol. The van der Waals surface area contributed by atoms with Crippen molar-refractivity contribution in [2.45, 2.75) is 26.3 Å². The van der Waals surface area contributed by atoms with E-state index in [1.165, 1.54) is 10.4 Å². The van der Waals surface area contributed by atoms with E-state index < -0.39 is 0 Å². The molecule has 0 aliphatic heterocycles. The molecule has 0 fully saturated rings. The molecule has 1 atom stereocenters. The Morgan fingerprint density at radius 2 is 2.00 bits per heavy atom. The van der Waals surface area contributed by atoms with Gasteiger partial charge in [-0.3, -0.25) is 4.99 Å². The van der Waals surface area contributed by atoms with Crippen molar-refractivity contribution in [1.82, 2.24) is 15.6 Å². The molecule has 0 saturated carbocycles. The number of nitrogens with one attached hydrogen (secondary N) is 2. The van der Waals surface area contributed by atoms with Crippen LogP contribution in [0, 0.1) is 6.92 Å². The summed E-state index contributed by atoms with van der Waals surface area (Å²) in [5.41, 5.74) is 1.33. The van der Waals surface area contributed by atoms with Crippen LogP contribution in [-0.4, -0.2) is 24.5 Å². The molecule has 0 radical (unpaired) electrons. The normalized spacial score (nSPS) is 12.4. The Morgan fingerprint density at radius 1 is 1.27 bits per heavy atom. The van der Waals surface area contributed by atoms with Gasteiger partial charge in [-0.25, -0.2) is 4.98 Å². The van der Waals surface area contributed by atoms with Crippen molar-refractivity contribution in [1.29, 1.82) is 0 Å². The highest BCUT2D eigenvalue weighted by Crippen LogP contribution is 2.13. The van der Waals surface area contributed by atoms with E-state index in [2.05, 4.69) is 58.7 Å². The van der Waals surface area contributed by atoms with Gasteiger partial charge in [0.05, 0.1) is 6.54 Å². The Balaban J connectivity index is 0.00000242. The molecule has 2 rings (SSSR count). The fourth-order valence-corrected chi connectivity index (χ4v) is 2.74. The average Bonchev–Trinajstić information content (AvgIpc) is 2.93. The third kappa shape index (κ3) is 5.92. The summed E-state index contributed by atoms with van der Waals surface area (Å²) in [5, 5.41) is 7.73. The SMILES string of the molecule is CN=C(NCc1ncc(C)s1)NCC(C)c1ccccc1.I. The lowest BCUT2D eigenvalue weighted by molar-refractivity contribution is 0.698. The van der Waals surface area contributed by atoms with Gasteiger partial charge in [-0.15, -0.1) is 35.3 Å². The number of guanidine groups is 1. The van der Waals surface area contributed by atoms with Gasteiger partial charge in [-0.1, -0.05) is 37.3 Å². The van der Waals surface area contributed by atoms with Crippen LogP contribution in [-0.2, 0) is 6.54 Å². The van der Waals surface area contributed by atoms with Gasteiger partial charge in [0, 0.05) is 24.7 Å². The lowest BCUT2D eigenvalue weighted by Gasteiger charge is -2.16. The summed E-state index contributed by atoms with van der Waals surface area (Å²) >= 11 is 1.71.